The molecular weight excluding hydrogens is 404 g/mol. The van der Waals surface area contributed by atoms with Crippen LogP contribution in [0.2, 0.25) is 0 Å². The number of fused-ring (bicyclic) bond motifs is 1. The number of imidazole rings is 1. The molecule has 0 N–H and O–H groups in total. The summed E-state index contributed by atoms with van der Waals surface area (Å²) in [4.78, 5) is 47.4. The first-order chi connectivity index (χ1) is 13.8. The number of hydrogen-bond acceptors (Lipinski definition) is 11. The fourth-order valence-corrected chi connectivity index (χ4v) is 3.57. The maximum absolute atomic E-state index is 11.7. The fourth-order valence-electron chi connectivity index (χ4n) is 3.08. The summed E-state index contributed by atoms with van der Waals surface area (Å²) in [5.41, 5.74) is 1.01. The first kappa shape index (κ1) is 21.0. The number of carbonyl (C=O) groups is 3. The van der Waals surface area contributed by atoms with E-state index in [4.69, 9.17) is 18.9 Å². The van der Waals surface area contributed by atoms with Crippen molar-refractivity contribution in [2.75, 3.05) is 12.9 Å². The van der Waals surface area contributed by atoms with Gasteiger partial charge in [0, 0.05) is 20.8 Å². The highest BCUT2D eigenvalue weighted by atomic mass is 32.2. The molecule has 1 aliphatic rings. The molecule has 0 bridgehead atoms. The number of carbonyl (C=O) groups excluding carboxylic acids is 3. The molecule has 2 aromatic rings. The van der Waals surface area contributed by atoms with E-state index in [9.17, 15) is 14.4 Å². The Morgan fingerprint density at radius 3 is 2.38 bits per heavy atom. The van der Waals surface area contributed by atoms with Gasteiger partial charge in [-0.2, -0.15) is 0 Å². The molecule has 1 aliphatic heterocycles. The molecule has 0 spiro atoms. The van der Waals surface area contributed by atoms with E-state index in [2.05, 4.69) is 15.0 Å². The van der Waals surface area contributed by atoms with Crippen molar-refractivity contribution in [2.45, 2.75) is 50.3 Å². The highest BCUT2D eigenvalue weighted by Crippen LogP contribution is 2.36. The lowest BCUT2D eigenvalue weighted by Crippen LogP contribution is -2.40. The lowest BCUT2D eigenvalue weighted by Gasteiger charge is -2.23. The van der Waals surface area contributed by atoms with E-state index < -0.39 is 42.4 Å². The van der Waals surface area contributed by atoms with Gasteiger partial charge in [-0.15, -0.1) is 11.8 Å². The smallest absolute Gasteiger partial charge is 0.303 e. The van der Waals surface area contributed by atoms with Crippen molar-refractivity contribution in [1.82, 2.24) is 19.5 Å². The Balaban J connectivity index is 2.02. The average Bonchev–Trinajstić information content (AvgIpc) is 3.21. The number of aromatic nitrogens is 4. The van der Waals surface area contributed by atoms with Gasteiger partial charge >= 0.3 is 17.9 Å². The van der Waals surface area contributed by atoms with Crippen LogP contribution in [-0.2, 0) is 33.3 Å². The SMILES string of the molecule is CSc1ncnc2c1ncn2[C@@H]1O[C@H](COC(C)=O)C(OC(C)=O)C1OC(C)=O. The predicted molar refractivity (Wildman–Crippen MR) is 98.8 cm³/mol. The van der Waals surface area contributed by atoms with Crippen LogP contribution >= 0.6 is 11.8 Å². The molecule has 0 amide bonds. The lowest BCUT2D eigenvalue weighted by molar-refractivity contribution is -0.166. The van der Waals surface area contributed by atoms with Crippen molar-refractivity contribution in [3.8, 4) is 0 Å². The molecule has 3 heterocycles. The van der Waals surface area contributed by atoms with Crippen molar-refractivity contribution in [3.05, 3.63) is 12.7 Å². The quantitative estimate of drug-likeness (QED) is 0.283. The van der Waals surface area contributed by atoms with Crippen LogP contribution in [0.4, 0.5) is 0 Å². The van der Waals surface area contributed by atoms with E-state index in [-0.39, 0.29) is 6.61 Å². The Hall–Kier alpha value is -2.73. The molecule has 11 nitrogen and oxygen atoms in total. The van der Waals surface area contributed by atoms with Gasteiger partial charge in [0.2, 0.25) is 0 Å². The molecule has 0 radical (unpaired) electrons. The number of ether oxygens (including phenoxy) is 4. The lowest BCUT2D eigenvalue weighted by atomic mass is 10.1. The Kier molecular flexibility index (Phi) is 6.33. The third kappa shape index (κ3) is 4.48. The average molecular weight is 424 g/mol. The van der Waals surface area contributed by atoms with Gasteiger partial charge in [-0.05, 0) is 6.26 Å². The van der Waals surface area contributed by atoms with E-state index in [1.807, 2.05) is 6.26 Å². The molecule has 3 rings (SSSR count). The Morgan fingerprint density at radius 1 is 1.07 bits per heavy atom. The van der Waals surface area contributed by atoms with Crippen LogP contribution in [0.3, 0.4) is 0 Å². The largest absolute Gasteiger partial charge is 0.463 e. The van der Waals surface area contributed by atoms with Gasteiger partial charge in [-0.3, -0.25) is 19.0 Å². The van der Waals surface area contributed by atoms with Crippen LogP contribution in [0.5, 0.6) is 0 Å². The first-order valence-corrected chi connectivity index (χ1v) is 9.89. The molecule has 29 heavy (non-hydrogen) atoms. The molecular formula is C17H20N4O7S. The molecule has 2 unspecified atom stereocenters. The first-order valence-electron chi connectivity index (χ1n) is 8.66. The molecule has 1 fully saturated rings. The van der Waals surface area contributed by atoms with Crippen molar-refractivity contribution < 1.29 is 33.3 Å². The third-order valence-corrected chi connectivity index (χ3v) is 4.82. The van der Waals surface area contributed by atoms with Gasteiger partial charge in [0.15, 0.2) is 24.1 Å². The van der Waals surface area contributed by atoms with Crippen LogP contribution < -0.4 is 0 Å². The Morgan fingerprint density at radius 2 is 1.76 bits per heavy atom. The molecule has 1 saturated heterocycles. The molecule has 0 saturated carbocycles. The van der Waals surface area contributed by atoms with Gasteiger partial charge in [0.05, 0.1) is 6.33 Å². The molecule has 2 aromatic heterocycles. The number of esters is 3. The zero-order valence-corrected chi connectivity index (χ0v) is 17.0. The summed E-state index contributed by atoms with van der Waals surface area (Å²) in [6.07, 6.45) is 0.999. The summed E-state index contributed by atoms with van der Waals surface area (Å²) >= 11 is 1.41. The maximum atomic E-state index is 11.7. The second-order valence-corrected chi connectivity index (χ2v) is 7.02. The molecule has 12 heteroatoms. The number of rotatable bonds is 6. The fraction of sp³-hybridized carbons (Fsp3) is 0.529. The van der Waals surface area contributed by atoms with Crippen LogP contribution in [0.15, 0.2) is 17.7 Å². The van der Waals surface area contributed by atoms with E-state index >= 15 is 0 Å². The molecule has 4 atom stereocenters. The summed E-state index contributed by atoms with van der Waals surface area (Å²) < 4.78 is 23.4. The Bertz CT molecular complexity index is 934. The second-order valence-electron chi connectivity index (χ2n) is 6.22. The minimum Gasteiger partial charge on any atom is -0.463 e. The third-order valence-electron chi connectivity index (χ3n) is 4.13. The topological polar surface area (TPSA) is 132 Å². The van der Waals surface area contributed by atoms with Gasteiger partial charge in [-0.25, -0.2) is 15.0 Å². The monoisotopic (exact) mass is 424 g/mol. The van der Waals surface area contributed by atoms with Crippen molar-refractivity contribution in [1.29, 1.82) is 0 Å². The van der Waals surface area contributed by atoms with E-state index in [0.29, 0.717) is 16.2 Å². The molecule has 156 valence electrons. The van der Waals surface area contributed by atoms with Crippen LogP contribution in [-0.4, -0.2) is 68.6 Å². The molecule has 0 aliphatic carbocycles. The highest BCUT2D eigenvalue weighted by Gasteiger charge is 2.51. The van der Waals surface area contributed by atoms with Crippen LogP contribution in [0.25, 0.3) is 11.2 Å². The summed E-state index contributed by atoms with van der Waals surface area (Å²) in [7, 11) is 0. The number of thioether (sulfide) groups is 1. The zero-order valence-electron chi connectivity index (χ0n) is 16.2. The predicted octanol–water partition coefficient (Wildman–Crippen LogP) is 0.872. The Labute approximate surface area is 170 Å². The van der Waals surface area contributed by atoms with E-state index in [1.165, 1.54) is 45.2 Å². The van der Waals surface area contributed by atoms with Crippen molar-refractivity contribution >= 4 is 40.8 Å². The normalized spacial score (nSPS) is 23.7. The summed E-state index contributed by atoms with van der Waals surface area (Å²) in [5, 5.41) is 0.670. The van der Waals surface area contributed by atoms with E-state index in [0.717, 1.165) is 0 Å². The maximum Gasteiger partial charge on any atom is 0.303 e. The number of nitrogens with zero attached hydrogens (tertiary/aromatic N) is 4. The second kappa shape index (κ2) is 8.74. The standard InChI is InChI=1S/C17H20N4O7S/c1-8(22)25-5-11-13(26-9(2)23)14(27-10(3)24)17(28-11)21-7-20-12-15(21)18-6-19-16(12)29-4/h6-7,11,13-14,17H,5H2,1-4H3/t11-,13?,14?,17-/m1/s1. The van der Waals surface area contributed by atoms with Gasteiger partial charge in [0.1, 0.15) is 29.6 Å². The van der Waals surface area contributed by atoms with Gasteiger partial charge in [0.25, 0.3) is 0 Å². The van der Waals surface area contributed by atoms with Crippen molar-refractivity contribution in [2.24, 2.45) is 0 Å². The summed E-state index contributed by atoms with van der Waals surface area (Å²) in [6, 6.07) is 0. The molecule has 0 aromatic carbocycles. The van der Waals surface area contributed by atoms with Gasteiger partial charge in [-0.1, -0.05) is 0 Å². The minimum atomic E-state index is -0.998. The van der Waals surface area contributed by atoms with Crippen LogP contribution in [0.1, 0.15) is 27.0 Å². The zero-order chi connectivity index (χ0) is 21.1. The summed E-state index contributed by atoms with van der Waals surface area (Å²) in [6.45, 7) is 3.53. The van der Waals surface area contributed by atoms with E-state index in [1.54, 1.807) is 4.57 Å². The van der Waals surface area contributed by atoms with Crippen LogP contribution in [0, 0.1) is 0 Å². The highest BCUT2D eigenvalue weighted by molar-refractivity contribution is 7.98. The van der Waals surface area contributed by atoms with Crippen molar-refractivity contribution in [3.63, 3.8) is 0 Å². The summed E-state index contributed by atoms with van der Waals surface area (Å²) in [5.74, 6) is -1.70. The van der Waals surface area contributed by atoms with Gasteiger partial charge < -0.3 is 18.9 Å². The number of hydrogen-bond donors (Lipinski definition) is 0. The minimum absolute atomic E-state index is 0.181.